The van der Waals surface area contributed by atoms with Gasteiger partial charge in [0.15, 0.2) is 0 Å². The zero-order valence-electron chi connectivity index (χ0n) is 18.5. The van der Waals surface area contributed by atoms with Crippen molar-refractivity contribution in [2.24, 2.45) is 0 Å². The molecular weight excluding hydrogens is 452 g/mol. The summed E-state index contributed by atoms with van der Waals surface area (Å²) >= 11 is 1.18. The summed E-state index contributed by atoms with van der Waals surface area (Å²) in [6, 6.07) is 7.30. The molecule has 0 radical (unpaired) electrons. The van der Waals surface area contributed by atoms with Gasteiger partial charge in [-0.05, 0) is 51.0 Å². The fourth-order valence-corrected chi connectivity index (χ4v) is 4.73. The fourth-order valence-electron chi connectivity index (χ4n) is 3.84. The molecule has 1 aromatic carbocycles. The highest BCUT2D eigenvalue weighted by molar-refractivity contribution is 7.13. The van der Waals surface area contributed by atoms with Crippen molar-refractivity contribution >= 4 is 23.4 Å². The van der Waals surface area contributed by atoms with Crippen LogP contribution in [0.2, 0.25) is 0 Å². The van der Waals surface area contributed by atoms with E-state index in [-0.39, 0.29) is 17.0 Å². The fraction of sp³-hybridized carbons (Fsp3) is 0.417. The molecule has 2 N–H and O–H groups in total. The quantitative estimate of drug-likeness (QED) is 0.499. The molecule has 9 heteroatoms. The number of aryl methyl sites for hydroxylation is 3. The van der Waals surface area contributed by atoms with Crippen molar-refractivity contribution in [3.63, 3.8) is 0 Å². The average molecular weight is 480 g/mol. The summed E-state index contributed by atoms with van der Waals surface area (Å²) in [5, 5.41) is 19.3. The van der Waals surface area contributed by atoms with Crippen LogP contribution in [0.4, 0.5) is 13.6 Å². The molecule has 2 heterocycles. The molecule has 0 saturated carbocycles. The summed E-state index contributed by atoms with van der Waals surface area (Å²) in [5.41, 5.74) is 1.11. The molecule has 178 valence electrons. The Hall–Kier alpha value is -2.78. The minimum atomic E-state index is -3.48. The first-order valence-corrected chi connectivity index (χ1v) is 11.5. The van der Waals surface area contributed by atoms with E-state index in [1.54, 1.807) is 32.0 Å². The summed E-state index contributed by atoms with van der Waals surface area (Å²) in [4.78, 5) is 25.9. The van der Waals surface area contributed by atoms with Crippen LogP contribution in [0.5, 0.6) is 0 Å². The number of nitrogens with zero attached hydrogens (tertiary/aromatic N) is 1. The highest BCUT2D eigenvalue weighted by Gasteiger charge is 2.39. The maximum atomic E-state index is 14.8. The van der Waals surface area contributed by atoms with E-state index in [1.165, 1.54) is 34.4 Å². The van der Waals surface area contributed by atoms with E-state index in [0.717, 1.165) is 11.0 Å². The number of thiophene rings is 1. The van der Waals surface area contributed by atoms with E-state index >= 15 is 0 Å². The van der Waals surface area contributed by atoms with Gasteiger partial charge in [0.25, 0.3) is 0 Å². The van der Waals surface area contributed by atoms with Crippen LogP contribution in [0.15, 0.2) is 42.5 Å². The zero-order valence-corrected chi connectivity index (χ0v) is 19.3. The predicted molar refractivity (Wildman–Crippen MR) is 121 cm³/mol. The zero-order chi connectivity index (χ0) is 24.2. The second-order valence-electron chi connectivity index (χ2n) is 8.17. The van der Waals surface area contributed by atoms with Gasteiger partial charge in [-0.25, -0.2) is 9.59 Å². The van der Waals surface area contributed by atoms with Crippen LogP contribution in [0.1, 0.15) is 44.1 Å². The van der Waals surface area contributed by atoms with Crippen LogP contribution in [-0.4, -0.2) is 52.5 Å². The highest BCUT2D eigenvalue weighted by atomic mass is 32.1. The molecule has 1 aliphatic heterocycles. The summed E-state index contributed by atoms with van der Waals surface area (Å²) in [5.74, 6) is -4.46. The van der Waals surface area contributed by atoms with Crippen LogP contribution in [0.3, 0.4) is 0 Å². The van der Waals surface area contributed by atoms with Gasteiger partial charge in [-0.1, -0.05) is 29.3 Å². The topological polar surface area (TPSA) is 87.1 Å². The van der Waals surface area contributed by atoms with E-state index in [2.05, 4.69) is 0 Å². The Kier molecular flexibility index (Phi) is 7.86. The van der Waals surface area contributed by atoms with Crippen molar-refractivity contribution in [2.75, 3.05) is 13.2 Å². The van der Waals surface area contributed by atoms with E-state index < -0.39 is 30.1 Å². The molecule has 1 saturated heterocycles. The number of aromatic carboxylic acids is 1. The van der Waals surface area contributed by atoms with Gasteiger partial charge in [-0.2, -0.15) is 8.78 Å². The number of rotatable bonds is 9. The Bertz CT molecular complexity index is 1020. The van der Waals surface area contributed by atoms with Crippen molar-refractivity contribution < 1.29 is 33.3 Å². The molecule has 3 rings (SSSR count). The van der Waals surface area contributed by atoms with Crippen LogP contribution >= 0.6 is 11.3 Å². The Morgan fingerprint density at radius 2 is 2.00 bits per heavy atom. The maximum absolute atomic E-state index is 14.8. The number of amides is 1. The minimum Gasteiger partial charge on any atom is -0.477 e. The van der Waals surface area contributed by atoms with Crippen molar-refractivity contribution in [3.05, 3.63) is 68.9 Å². The third kappa shape index (κ3) is 6.17. The van der Waals surface area contributed by atoms with Gasteiger partial charge in [0.1, 0.15) is 11.0 Å². The molecule has 2 unspecified atom stereocenters. The molecular formula is C24H27F2NO5S. The van der Waals surface area contributed by atoms with Crippen LogP contribution in [-0.2, 0) is 17.1 Å². The van der Waals surface area contributed by atoms with Crippen molar-refractivity contribution in [3.8, 4) is 0 Å². The van der Waals surface area contributed by atoms with Crippen molar-refractivity contribution in [1.29, 1.82) is 0 Å². The molecule has 33 heavy (non-hydrogen) atoms. The lowest BCUT2D eigenvalue weighted by Gasteiger charge is -2.33. The SMILES string of the molecule is Cc1cc(C)cc(C(F)(F)C(O)/C=C/C2CCOC(=O)N2CCCc2ccc(C(=O)O)s2)c1. The number of alkyl halides is 2. The number of hydrogen-bond donors (Lipinski definition) is 2. The number of aliphatic hydroxyl groups excluding tert-OH is 1. The number of carbonyl (C=O) groups excluding carboxylic acids is 1. The van der Waals surface area contributed by atoms with Crippen molar-refractivity contribution in [1.82, 2.24) is 4.90 Å². The second kappa shape index (κ2) is 10.4. The molecule has 0 aliphatic carbocycles. The first-order valence-electron chi connectivity index (χ1n) is 10.7. The molecule has 2 atom stereocenters. The minimum absolute atomic E-state index is 0.167. The van der Waals surface area contributed by atoms with Crippen LogP contribution in [0.25, 0.3) is 0 Å². The Morgan fingerprint density at radius 1 is 1.30 bits per heavy atom. The molecule has 1 aromatic heterocycles. The first kappa shape index (κ1) is 24.9. The standard InChI is InChI=1S/C24H27F2NO5S/c1-15-12-16(2)14-17(13-15)24(25,26)21(28)8-5-18-9-11-32-23(31)27(18)10-3-4-19-6-7-20(33-19)22(29)30/h5-8,12-14,18,21,28H,3-4,9-11H2,1-2H3,(H,29,30)/b8-5+. The monoisotopic (exact) mass is 479 g/mol. The number of carbonyl (C=O) groups is 2. The summed E-state index contributed by atoms with van der Waals surface area (Å²) in [6.45, 7) is 3.93. The number of halogens is 2. The third-order valence-electron chi connectivity index (χ3n) is 5.46. The van der Waals surface area contributed by atoms with Gasteiger partial charge in [0.05, 0.1) is 12.6 Å². The number of carboxylic acids is 1. The molecule has 1 aliphatic rings. The third-order valence-corrected chi connectivity index (χ3v) is 6.60. The summed E-state index contributed by atoms with van der Waals surface area (Å²) in [7, 11) is 0. The number of cyclic esters (lactones) is 1. The molecule has 6 nitrogen and oxygen atoms in total. The average Bonchev–Trinajstić information content (AvgIpc) is 3.22. The van der Waals surface area contributed by atoms with E-state index in [9.17, 15) is 23.5 Å². The maximum Gasteiger partial charge on any atom is 0.410 e. The van der Waals surface area contributed by atoms with E-state index in [4.69, 9.17) is 9.84 Å². The number of aliphatic hydroxyl groups is 1. The normalized spacial score (nSPS) is 17.9. The lowest BCUT2D eigenvalue weighted by atomic mass is 9.98. The van der Waals surface area contributed by atoms with Gasteiger partial charge in [-0.3, -0.25) is 0 Å². The number of ether oxygens (including phenoxy) is 1. The van der Waals surface area contributed by atoms with E-state index in [1.807, 2.05) is 0 Å². The molecule has 0 bridgehead atoms. The van der Waals surface area contributed by atoms with Gasteiger partial charge >= 0.3 is 18.0 Å². The number of hydrogen-bond acceptors (Lipinski definition) is 5. The predicted octanol–water partition coefficient (Wildman–Crippen LogP) is 4.92. The van der Waals surface area contributed by atoms with Gasteiger partial charge in [0, 0.05) is 23.4 Å². The molecule has 2 aromatic rings. The van der Waals surface area contributed by atoms with Crippen LogP contribution < -0.4 is 0 Å². The summed E-state index contributed by atoms with van der Waals surface area (Å²) in [6.07, 6.45) is 1.46. The smallest absolute Gasteiger partial charge is 0.410 e. The number of benzene rings is 1. The van der Waals surface area contributed by atoms with E-state index in [0.29, 0.717) is 36.9 Å². The lowest BCUT2D eigenvalue weighted by Crippen LogP contribution is -2.45. The molecule has 1 fully saturated rings. The second-order valence-corrected chi connectivity index (χ2v) is 9.34. The first-order chi connectivity index (χ1) is 15.6. The van der Waals surface area contributed by atoms with Crippen molar-refractivity contribution in [2.45, 2.75) is 51.2 Å². The molecule has 1 amide bonds. The van der Waals surface area contributed by atoms with Crippen LogP contribution in [0, 0.1) is 13.8 Å². The molecule has 0 spiro atoms. The Labute approximate surface area is 195 Å². The van der Waals surface area contributed by atoms with Gasteiger partial charge < -0.3 is 19.8 Å². The van der Waals surface area contributed by atoms with Gasteiger partial charge in [-0.15, -0.1) is 11.3 Å². The lowest BCUT2D eigenvalue weighted by molar-refractivity contribution is -0.0930. The van der Waals surface area contributed by atoms with Gasteiger partial charge in [0.2, 0.25) is 0 Å². The Balaban J connectivity index is 1.65. The summed E-state index contributed by atoms with van der Waals surface area (Å²) < 4.78 is 34.8. The highest BCUT2D eigenvalue weighted by Crippen LogP contribution is 2.34. The Morgan fingerprint density at radius 3 is 2.64 bits per heavy atom. The number of carboxylic acid groups (broad SMARTS) is 1. The largest absolute Gasteiger partial charge is 0.477 e.